The number of amides is 4. The van der Waals surface area contributed by atoms with Crippen LogP contribution in [0.1, 0.15) is 40.5 Å². The number of hydrogen-bond donors (Lipinski definition) is 2. The first kappa shape index (κ1) is 26.1. The summed E-state index contributed by atoms with van der Waals surface area (Å²) in [5, 5.41) is 5.54. The lowest BCUT2D eigenvalue weighted by molar-refractivity contribution is -0.150. The summed E-state index contributed by atoms with van der Waals surface area (Å²) in [4.78, 5) is 53.8. The largest absolute Gasteiger partial charge is 0.354 e. The van der Waals surface area contributed by atoms with Crippen molar-refractivity contribution < 1.29 is 19.2 Å². The lowest BCUT2D eigenvalue weighted by Gasteiger charge is -2.37. The third kappa shape index (κ3) is 7.70. The standard InChI is InChI=1S/C23H36N4O4/c1-7-8-9-10-11-14-19(28)25-18-13-12-15-24-21(29)17(4)26(5)23(31)20(16(2)3)27(6)22(18)30/h7-11,14,16-18,20H,12-13,15H2,1-6H3,(H,24,29)(H,25,28)/b8-7+,10-9+,14-11+/t17-,18-,20?/m0/s1. The van der Waals surface area contributed by atoms with Crippen LogP contribution in [0.25, 0.3) is 0 Å². The van der Waals surface area contributed by atoms with Gasteiger partial charge in [0.15, 0.2) is 0 Å². The molecule has 0 aliphatic carbocycles. The van der Waals surface area contributed by atoms with Crippen molar-refractivity contribution in [3.63, 3.8) is 0 Å². The summed E-state index contributed by atoms with van der Waals surface area (Å²) in [5.74, 6) is -1.45. The molecule has 0 radical (unpaired) electrons. The van der Waals surface area contributed by atoms with Gasteiger partial charge >= 0.3 is 0 Å². The minimum atomic E-state index is -0.797. The van der Waals surface area contributed by atoms with Gasteiger partial charge in [0.1, 0.15) is 18.1 Å². The molecule has 3 atom stereocenters. The third-order valence-corrected chi connectivity index (χ3v) is 5.31. The maximum atomic E-state index is 13.2. The number of likely N-dealkylation sites (N-methyl/N-ethyl adjacent to an activating group) is 2. The van der Waals surface area contributed by atoms with Crippen molar-refractivity contribution >= 4 is 23.6 Å². The minimum Gasteiger partial charge on any atom is -0.354 e. The monoisotopic (exact) mass is 432 g/mol. The highest BCUT2D eigenvalue weighted by Crippen LogP contribution is 2.17. The first-order valence-electron chi connectivity index (χ1n) is 10.7. The Morgan fingerprint density at radius 1 is 1.06 bits per heavy atom. The normalized spacial score (nSPS) is 24.7. The van der Waals surface area contributed by atoms with E-state index >= 15 is 0 Å². The number of carbonyl (C=O) groups is 4. The molecule has 31 heavy (non-hydrogen) atoms. The van der Waals surface area contributed by atoms with Crippen LogP contribution in [0.15, 0.2) is 36.5 Å². The molecule has 4 amide bonds. The Hall–Kier alpha value is -2.90. The summed E-state index contributed by atoms with van der Waals surface area (Å²) in [6, 6.07) is -2.19. The van der Waals surface area contributed by atoms with Crippen molar-refractivity contribution in [2.45, 2.75) is 58.7 Å². The van der Waals surface area contributed by atoms with Crippen molar-refractivity contribution in [2.75, 3.05) is 20.6 Å². The van der Waals surface area contributed by atoms with Gasteiger partial charge in [-0.25, -0.2) is 0 Å². The predicted molar refractivity (Wildman–Crippen MR) is 121 cm³/mol. The van der Waals surface area contributed by atoms with Crippen molar-refractivity contribution in [2.24, 2.45) is 5.92 Å². The van der Waals surface area contributed by atoms with Gasteiger partial charge in [0.05, 0.1) is 0 Å². The van der Waals surface area contributed by atoms with Gasteiger partial charge in [0.25, 0.3) is 0 Å². The fourth-order valence-corrected chi connectivity index (χ4v) is 3.38. The van der Waals surface area contributed by atoms with Gasteiger partial charge in [-0.1, -0.05) is 44.2 Å². The summed E-state index contributed by atoms with van der Waals surface area (Å²) in [7, 11) is 3.14. The number of rotatable bonds is 5. The Morgan fingerprint density at radius 3 is 2.32 bits per heavy atom. The molecule has 0 aromatic heterocycles. The fourth-order valence-electron chi connectivity index (χ4n) is 3.38. The molecule has 8 nitrogen and oxygen atoms in total. The Balaban J connectivity index is 3.11. The predicted octanol–water partition coefficient (Wildman–Crippen LogP) is 1.40. The van der Waals surface area contributed by atoms with Crippen molar-refractivity contribution in [1.82, 2.24) is 20.4 Å². The van der Waals surface area contributed by atoms with Gasteiger partial charge in [-0.2, -0.15) is 0 Å². The zero-order chi connectivity index (χ0) is 23.6. The molecule has 1 aliphatic rings. The molecule has 8 heteroatoms. The number of hydrogen-bond acceptors (Lipinski definition) is 4. The average Bonchev–Trinajstić information content (AvgIpc) is 2.72. The number of nitrogens with zero attached hydrogens (tertiary/aromatic N) is 2. The summed E-state index contributed by atoms with van der Waals surface area (Å²) in [5.41, 5.74) is 0. The second kappa shape index (κ2) is 12.7. The zero-order valence-corrected chi connectivity index (χ0v) is 19.4. The topological polar surface area (TPSA) is 98.8 Å². The highest BCUT2D eigenvalue weighted by atomic mass is 16.2. The first-order chi connectivity index (χ1) is 14.6. The van der Waals surface area contributed by atoms with Crippen LogP contribution in [-0.4, -0.2) is 72.2 Å². The molecule has 1 rings (SSSR count). The van der Waals surface area contributed by atoms with Crippen molar-refractivity contribution in [1.29, 1.82) is 0 Å². The van der Waals surface area contributed by atoms with E-state index in [1.54, 1.807) is 39.2 Å². The summed E-state index contributed by atoms with van der Waals surface area (Å²) < 4.78 is 0. The summed E-state index contributed by atoms with van der Waals surface area (Å²) >= 11 is 0. The lowest BCUT2D eigenvalue weighted by atomic mass is 9.98. The van der Waals surface area contributed by atoms with Crippen LogP contribution >= 0.6 is 0 Å². The molecule has 0 spiro atoms. The molecule has 2 N–H and O–H groups in total. The second-order valence-electron chi connectivity index (χ2n) is 8.03. The highest BCUT2D eigenvalue weighted by Gasteiger charge is 2.37. The van der Waals surface area contributed by atoms with Crippen LogP contribution in [0.4, 0.5) is 0 Å². The van der Waals surface area contributed by atoms with E-state index in [1.165, 1.54) is 15.9 Å². The van der Waals surface area contributed by atoms with Crippen LogP contribution in [0.5, 0.6) is 0 Å². The van der Waals surface area contributed by atoms with Gasteiger partial charge in [-0.3, -0.25) is 19.2 Å². The summed E-state index contributed by atoms with van der Waals surface area (Å²) in [6.45, 7) is 7.61. The van der Waals surface area contributed by atoms with Gasteiger partial charge in [0, 0.05) is 26.7 Å². The molecule has 0 aromatic carbocycles. The Morgan fingerprint density at radius 2 is 1.71 bits per heavy atom. The molecular formula is C23H36N4O4. The Labute approximate surface area is 185 Å². The molecule has 0 saturated carbocycles. The molecule has 172 valence electrons. The summed E-state index contributed by atoms with van der Waals surface area (Å²) in [6.07, 6.45) is 11.0. The smallest absolute Gasteiger partial charge is 0.246 e. The maximum absolute atomic E-state index is 13.2. The maximum Gasteiger partial charge on any atom is 0.246 e. The molecule has 0 bridgehead atoms. The molecule has 1 fully saturated rings. The van der Waals surface area contributed by atoms with Gasteiger partial charge < -0.3 is 20.4 Å². The Bertz CT molecular complexity index is 742. The van der Waals surface area contributed by atoms with Crippen LogP contribution in [0.3, 0.4) is 0 Å². The van der Waals surface area contributed by atoms with E-state index in [-0.39, 0.29) is 23.6 Å². The number of carbonyl (C=O) groups excluding carboxylic acids is 4. The van der Waals surface area contributed by atoms with E-state index in [0.29, 0.717) is 19.4 Å². The lowest BCUT2D eigenvalue weighted by Crippen LogP contribution is -2.59. The van der Waals surface area contributed by atoms with Crippen molar-refractivity contribution in [3.8, 4) is 0 Å². The molecular weight excluding hydrogens is 396 g/mol. The second-order valence-corrected chi connectivity index (χ2v) is 8.03. The molecule has 1 aliphatic heterocycles. The van der Waals surface area contributed by atoms with Gasteiger partial charge in [0.2, 0.25) is 23.6 Å². The number of allylic oxidation sites excluding steroid dienone is 5. The minimum absolute atomic E-state index is 0.171. The van der Waals surface area contributed by atoms with Crippen LogP contribution < -0.4 is 10.6 Å². The van der Waals surface area contributed by atoms with E-state index in [2.05, 4.69) is 10.6 Å². The number of nitrogens with one attached hydrogen (secondary N) is 2. The molecule has 1 heterocycles. The van der Waals surface area contributed by atoms with Crippen LogP contribution in [0.2, 0.25) is 0 Å². The van der Waals surface area contributed by atoms with E-state index in [4.69, 9.17) is 0 Å². The molecule has 1 saturated heterocycles. The molecule has 0 aromatic rings. The molecule has 1 unspecified atom stereocenters. The van der Waals surface area contributed by atoms with Crippen molar-refractivity contribution in [3.05, 3.63) is 36.5 Å². The van der Waals surface area contributed by atoms with E-state index < -0.39 is 24.0 Å². The van der Waals surface area contributed by atoms with E-state index in [1.807, 2.05) is 32.9 Å². The van der Waals surface area contributed by atoms with E-state index in [0.717, 1.165) is 0 Å². The zero-order valence-electron chi connectivity index (χ0n) is 19.4. The average molecular weight is 433 g/mol. The van der Waals surface area contributed by atoms with Gasteiger partial charge in [-0.05, 0) is 32.6 Å². The quantitative estimate of drug-likeness (QED) is 0.507. The van der Waals surface area contributed by atoms with E-state index in [9.17, 15) is 19.2 Å². The van der Waals surface area contributed by atoms with Gasteiger partial charge in [-0.15, -0.1) is 0 Å². The third-order valence-electron chi connectivity index (χ3n) is 5.31. The SMILES string of the molecule is C/C=C/C=C/C=C/C(=O)N[C@H]1CCCNC(=O)[C@H](C)N(C)C(=O)C(C(C)C)N(C)C1=O. The fraction of sp³-hybridized carbons (Fsp3) is 0.565. The Kier molecular flexibility index (Phi) is 10.7. The highest BCUT2D eigenvalue weighted by molar-refractivity contribution is 5.96. The van der Waals surface area contributed by atoms with Crippen LogP contribution in [-0.2, 0) is 19.2 Å². The first-order valence-corrected chi connectivity index (χ1v) is 10.7. The van der Waals surface area contributed by atoms with Crippen LogP contribution in [0, 0.1) is 5.92 Å².